The van der Waals surface area contributed by atoms with E-state index in [4.69, 9.17) is 56.9 Å². The van der Waals surface area contributed by atoms with Crippen LogP contribution in [0.15, 0.2) is 41.3 Å². The summed E-state index contributed by atoms with van der Waals surface area (Å²) in [4.78, 5) is 25.1. The fourth-order valence-electron chi connectivity index (χ4n) is 2.60. The smallest absolute Gasteiger partial charge is 0.305 e. The van der Waals surface area contributed by atoms with E-state index < -0.39 is 5.97 Å². The minimum absolute atomic E-state index is 0.0192. The van der Waals surface area contributed by atoms with Crippen LogP contribution in [0.3, 0.4) is 0 Å². The number of thiocarbonyl (C=S) groups is 1. The van der Waals surface area contributed by atoms with Gasteiger partial charge in [-0.25, -0.2) is 0 Å². The molecule has 2 aromatic carbocycles. The molecule has 0 unspecified atom stereocenters. The number of hydrogen-bond acceptors (Lipinski definition) is 5. The standard InChI is InChI=1S/C20H14Cl3NO4S2/c21-13-3-4-16(28-10-11-1-2-14(22)9-15(11)23)12(7-13)8-17-19(27)24(20(29)30-17)6-5-18(25)26/h1-4,7-9H,5-6,10H2,(H,25,26)/b17-8+. The first-order valence-electron chi connectivity index (χ1n) is 8.58. The van der Waals surface area contributed by atoms with Gasteiger partial charge in [0.15, 0.2) is 0 Å². The van der Waals surface area contributed by atoms with Gasteiger partial charge in [0.2, 0.25) is 0 Å². The highest BCUT2D eigenvalue weighted by molar-refractivity contribution is 8.26. The third kappa shape index (κ3) is 5.68. The Bertz CT molecular complexity index is 1060. The number of nitrogens with zero attached hydrogens (tertiary/aromatic N) is 1. The highest BCUT2D eigenvalue weighted by Gasteiger charge is 2.32. The Morgan fingerprint density at radius 2 is 1.87 bits per heavy atom. The van der Waals surface area contributed by atoms with Crippen molar-refractivity contribution in [3.63, 3.8) is 0 Å². The summed E-state index contributed by atoms with van der Waals surface area (Å²) in [6.07, 6.45) is 1.44. The molecule has 3 rings (SSSR count). The van der Waals surface area contributed by atoms with Crippen LogP contribution in [-0.2, 0) is 16.2 Å². The molecule has 1 heterocycles. The molecule has 1 fully saturated rings. The first kappa shape index (κ1) is 22.9. The third-order valence-electron chi connectivity index (χ3n) is 4.08. The van der Waals surface area contributed by atoms with Crippen LogP contribution in [0.25, 0.3) is 6.08 Å². The Labute approximate surface area is 197 Å². The number of carboxylic acids is 1. The molecule has 156 valence electrons. The first-order valence-corrected chi connectivity index (χ1v) is 10.9. The zero-order valence-electron chi connectivity index (χ0n) is 15.2. The van der Waals surface area contributed by atoms with E-state index in [9.17, 15) is 9.59 Å². The fourth-order valence-corrected chi connectivity index (χ4v) is 4.54. The van der Waals surface area contributed by atoms with Crippen LogP contribution >= 0.6 is 58.8 Å². The maximum Gasteiger partial charge on any atom is 0.305 e. The molecule has 1 aliphatic rings. The molecule has 0 atom stereocenters. The lowest BCUT2D eigenvalue weighted by atomic mass is 10.1. The van der Waals surface area contributed by atoms with E-state index in [1.807, 2.05) is 0 Å². The summed E-state index contributed by atoms with van der Waals surface area (Å²) in [5.74, 6) is -0.849. The van der Waals surface area contributed by atoms with Crippen molar-refractivity contribution >= 4 is 81.1 Å². The van der Waals surface area contributed by atoms with Gasteiger partial charge in [-0.15, -0.1) is 0 Å². The largest absolute Gasteiger partial charge is 0.488 e. The quantitative estimate of drug-likeness (QED) is 0.375. The molecule has 0 radical (unpaired) electrons. The number of aliphatic carboxylic acids is 1. The number of ether oxygens (including phenoxy) is 1. The van der Waals surface area contributed by atoms with E-state index in [1.165, 1.54) is 4.90 Å². The first-order chi connectivity index (χ1) is 14.2. The molecule has 1 N–H and O–H groups in total. The second-order valence-corrected chi connectivity index (χ2v) is 9.14. The second kappa shape index (κ2) is 10.0. The van der Waals surface area contributed by atoms with Gasteiger partial charge in [0, 0.05) is 32.7 Å². The minimum atomic E-state index is -1.00. The lowest BCUT2D eigenvalue weighted by molar-refractivity contribution is -0.137. The molecule has 0 saturated carbocycles. The summed E-state index contributed by atoms with van der Waals surface area (Å²) in [5, 5.41) is 10.3. The summed E-state index contributed by atoms with van der Waals surface area (Å²) in [6, 6.07) is 10.2. The van der Waals surface area contributed by atoms with Crippen LogP contribution in [0.5, 0.6) is 5.75 Å². The third-order valence-corrected chi connectivity index (χ3v) is 6.28. The average Bonchev–Trinajstić information content (AvgIpc) is 2.93. The molecule has 0 aliphatic carbocycles. The van der Waals surface area contributed by atoms with Crippen molar-refractivity contribution in [2.75, 3.05) is 6.54 Å². The number of carboxylic acid groups (broad SMARTS) is 1. The molecule has 0 bridgehead atoms. The molecule has 10 heteroatoms. The zero-order valence-corrected chi connectivity index (χ0v) is 19.1. The van der Waals surface area contributed by atoms with Crippen LogP contribution < -0.4 is 4.74 Å². The number of carbonyl (C=O) groups is 2. The van der Waals surface area contributed by atoms with Gasteiger partial charge in [-0.3, -0.25) is 14.5 Å². The SMILES string of the molecule is O=C(O)CCN1C(=O)/C(=C\c2cc(Cl)ccc2OCc2ccc(Cl)cc2Cl)SC1=S. The molecule has 1 aliphatic heterocycles. The molecule has 1 amide bonds. The number of hydrogen-bond donors (Lipinski definition) is 1. The van der Waals surface area contributed by atoms with Crippen LogP contribution in [-0.4, -0.2) is 32.7 Å². The van der Waals surface area contributed by atoms with Crippen LogP contribution in [0.1, 0.15) is 17.5 Å². The predicted molar refractivity (Wildman–Crippen MR) is 124 cm³/mol. The maximum atomic E-state index is 12.6. The molecule has 30 heavy (non-hydrogen) atoms. The van der Waals surface area contributed by atoms with E-state index in [0.717, 1.165) is 17.3 Å². The van der Waals surface area contributed by atoms with E-state index in [1.54, 1.807) is 42.5 Å². The Balaban J connectivity index is 1.82. The van der Waals surface area contributed by atoms with Crippen molar-refractivity contribution in [1.29, 1.82) is 0 Å². The Hall–Kier alpha value is -1.77. The Kier molecular flexibility index (Phi) is 7.65. The average molecular weight is 503 g/mol. The van der Waals surface area contributed by atoms with Gasteiger partial charge < -0.3 is 9.84 Å². The van der Waals surface area contributed by atoms with Gasteiger partial charge in [-0.2, -0.15) is 0 Å². The summed E-state index contributed by atoms with van der Waals surface area (Å²) in [7, 11) is 0. The minimum Gasteiger partial charge on any atom is -0.488 e. The number of carbonyl (C=O) groups excluding carboxylic acids is 1. The lowest BCUT2D eigenvalue weighted by Crippen LogP contribution is -2.30. The topological polar surface area (TPSA) is 66.8 Å². The van der Waals surface area contributed by atoms with Crippen molar-refractivity contribution in [3.05, 3.63) is 67.5 Å². The summed E-state index contributed by atoms with van der Waals surface area (Å²) in [5.41, 5.74) is 1.34. The Morgan fingerprint density at radius 3 is 2.57 bits per heavy atom. The molecular weight excluding hydrogens is 489 g/mol. The summed E-state index contributed by atoms with van der Waals surface area (Å²) >= 11 is 24.6. The van der Waals surface area contributed by atoms with Crippen molar-refractivity contribution in [2.45, 2.75) is 13.0 Å². The number of amides is 1. The number of halogens is 3. The van der Waals surface area contributed by atoms with E-state index >= 15 is 0 Å². The molecule has 0 spiro atoms. The van der Waals surface area contributed by atoms with E-state index in [0.29, 0.717) is 35.6 Å². The molecule has 0 aromatic heterocycles. The van der Waals surface area contributed by atoms with Gasteiger partial charge in [0.05, 0.1) is 11.3 Å². The monoisotopic (exact) mass is 501 g/mol. The highest BCUT2D eigenvalue weighted by Crippen LogP contribution is 2.35. The summed E-state index contributed by atoms with van der Waals surface area (Å²) < 4.78 is 6.21. The van der Waals surface area contributed by atoms with Crippen molar-refractivity contribution in [2.24, 2.45) is 0 Å². The highest BCUT2D eigenvalue weighted by atomic mass is 35.5. The maximum absolute atomic E-state index is 12.6. The molecular formula is C20H14Cl3NO4S2. The van der Waals surface area contributed by atoms with E-state index in [2.05, 4.69) is 0 Å². The number of thioether (sulfide) groups is 1. The van der Waals surface area contributed by atoms with Gasteiger partial charge in [-0.1, -0.05) is 64.8 Å². The van der Waals surface area contributed by atoms with Crippen molar-refractivity contribution < 1.29 is 19.4 Å². The number of rotatable bonds is 7. The van der Waals surface area contributed by atoms with Crippen molar-refractivity contribution in [1.82, 2.24) is 4.90 Å². The van der Waals surface area contributed by atoms with Crippen LogP contribution in [0.4, 0.5) is 0 Å². The molecule has 2 aromatic rings. The van der Waals surface area contributed by atoms with E-state index in [-0.39, 0.29) is 25.5 Å². The Morgan fingerprint density at radius 1 is 1.17 bits per heavy atom. The van der Waals surface area contributed by atoms with Crippen LogP contribution in [0.2, 0.25) is 15.1 Å². The van der Waals surface area contributed by atoms with Crippen LogP contribution in [0, 0.1) is 0 Å². The van der Waals surface area contributed by atoms with Gasteiger partial charge in [0.25, 0.3) is 5.91 Å². The van der Waals surface area contributed by atoms with Gasteiger partial charge in [-0.05, 0) is 36.4 Å². The molecule has 5 nitrogen and oxygen atoms in total. The summed E-state index contributed by atoms with van der Waals surface area (Å²) in [6.45, 7) is 0.212. The fraction of sp³-hybridized carbons (Fsp3) is 0.150. The predicted octanol–water partition coefficient (Wildman–Crippen LogP) is 5.90. The normalized spacial score (nSPS) is 15.2. The molecule has 1 saturated heterocycles. The zero-order chi connectivity index (χ0) is 21.8. The van der Waals surface area contributed by atoms with Gasteiger partial charge >= 0.3 is 5.97 Å². The van der Waals surface area contributed by atoms with Gasteiger partial charge in [0.1, 0.15) is 16.7 Å². The second-order valence-electron chi connectivity index (χ2n) is 6.18. The van der Waals surface area contributed by atoms with Crippen molar-refractivity contribution in [3.8, 4) is 5.75 Å². The number of benzene rings is 2. The lowest BCUT2D eigenvalue weighted by Gasteiger charge is -2.13.